The molecule has 1 fully saturated rings. The first-order chi connectivity index (χ1) is 15.6. The highest BCUT2D eigenvalue weighted by molar-refractivity contribution is 5.71. The molecule has 0 amide bonds. The third-order valence-corrected chi connectivity index (χ3v) is 5.35. The van der Waals surface area contributed by atoms with E-state index in [-0.39, 0.29) is 5.95 Å². The molecule has 0 aliphatic carbocycles. The molecule has 2 heterocycles. The average molecular weight is 434 g/mol. The van der Waals surface area contributed by atoms with E-state index in [2.05, 4.69) is 32.3 Å². The second kappa shape index (κ2) is 9.61. The predicted octanol–water partition coefficient (Wildman–Crippen LogP) is 3.66. The Balaban J connectivity index is 1.55. The predicted molar refractivity (Wildman–Crippen MR) is 124 cm³/mol. The normalized spacial score (nSPS) is 14.7. The Morgan fingerprint density at radius 3 is 2.09 bits per heavy atom. The summed E-state index contributed by atoms with van der Waals surface area (Å²) in [5, 5.41) is 10.7. The molecule has 4 rings (SSSR count). The summed E-state index contributed by atoms with van der Waals surface area (Å²) in [6.07, 6.45) is 0. The number of nitrogen functional groups attached to an aromatic ring is 1. The van der Waals surface area contributed by atoms with Crippen molar-refractivity contribution in [2.75, 3.05) is 53.2 Å². The van der Waals surface area contributed by atoms with Crippen LogP contribution >= 0.6 is 0 Å². The molecular weight excluding hydrogens is 406 g/mol. The number of rotatable bonds is 6. The summed E-state index contributed by atoms with van der Waals surface area (Å²) in [6.45, 7) is 3.76. The van der Waals surface area contributed by atoms with Crippen LogP contribution in [0, 0.1) is 0 Å². The minimum absolute atomic E-state index is 0.200. The second-order valence-corrected chi connectivity index (χ2v) is 7.56. The number of aromatic nitrogens is 2. The number of methoxy groups -OCH3 is 2. The fourth-order valence-electron chi connectivity index (χ4n) is 3.46. The van der Waals surface area contributed by atoms with Gasteiger partial charge >= 0.3 is 0 Å². The van der Waals surface area contributed by atoms with Crippen LogP contribution in [-0.2, 0) is 0 Å². The molecule has 1 aromatic heterocycles. The number of piperazine rings is 1. The van der Waals surface area contributed by atoms with Gasteiger partial charge in [-0.1, -0.05) is 17.4 Å². The van der Waals surface area contributed by atoms with Gasteiger partial charge in [0.05, 0.1) is 44.4 Å². The largest absolute Gasteiger partial charge is 0.493 e. The van der Waals surface area contributed by atoms with Crippen molar-refractivity contribution < 1.29 is 9.47 Å². The van der Waals surface area contributed by atoms with Crippen LogP contribution in [0.25, 0.3) is 22.5 Å². The summed E-state index contributed by atoms with van der Waals surface area (Å²) in [5.41, 5.74) is 10.00. The number of nitrogens with zero attached hydrogens (tertiary/aromatic N) is 6. The lowest BCUT2D eigenvalue weighted by atomic mass is 10.1. The van der Waals surface area contributed by atoms with E-state index in [4.69, 9.17) is 15.2 Å². The van der Waals surface area contributed by atoms with Crippen LogP contribution in [0.4, 0.5) is 11.6 Å². The molecule has 0 saturated carbocycles. The summed E-state index contributed by atoms with van der Waals surface area (Å²) in [4.78, 5) is 11.1. The number of nitrogens with two attached hydrogens (primary N) is 1. The Bertz CT molecular complexity index is 1090. The van der Waals surface area contributed by atoms with Crippen molar-refractivity contribution in [3.05, 3.63) is 48.5 Å². The van der Waals surface area contributed by atoms with E-state index in [1.54, 1.807) is 14.2 Å². The van der Waals surface area contributed by atoms with E-state index in [0.717, 1.165) is 48.7 Å². The van der Waals surface area contributed by atoms with E-state index in [0.29, 0.717) is 17.2 Å². The van der Waals surface area contributed by atoms with E-state index in [1.807, 2.05) is 53.5 Å². The highest BCUT2D eigenvalue weighted by Crippen LogP contribution is 2.33. The van der Waals surface area contributed by atoms with Crippen LogP contribution in [0.15, 0.2) is 58.9 Å². The number of hydrogen-bond donors (Lipinski definition) is 1. The monoisotopic (exact) mass is 433 g/mol. The minimum atomic E-state index is 0.200. The molecule has 0 atom stereocenters. The Morgan fingerprint density at radius 2 is 1.44 bits per heavy atom. The summed E-state index contributed by atoms with van der Waals surface area (Å²) >= 11 is 0. The van der Waals surface area contributed by atoms with Gasteiger partial charge in [0.15, 0.2) is 11.5 Å². The van der Waals surface area contributed by atoms with Crippen molar-refractivity contribution in [2.24, 2.45) is 10.3 Å². The fourth-order valence-corrected chi connectivity index (χ4v) is 3.46. The molecule has 1 aliphatic heterocycles. The molecule has 1 aliphatic rings. The van der Waals surface area contributed by atoms with Gasteiger partial charge in [0, 0.05) is 24.2 Å². The molecule has 32 heavy (non-hydrogen) atoms. The lowest BCUT2D eigenvalue weighted by Gasteiger charge is -2.29. The van der Waals surface area contributed by atoms with E-state index in [1.165, 1.54) is 0 Å². The topological polar surface area (TPSA) is 101 Å². The van der Waals surface area contributed by atoms with Crippen molar-refractivity contribution in [1.82, 2.24) is 19.9 Å². The zero-order valence-corrected chi connectivity index (χ0v) is 18.5. The van der Waals surface area contributed by atoms with Crippen LogP contribution in [0.3, 0.4) is 0 Å². The molecule has 2 N–H and O–H groups in total. The zero-order valence-electron chi connectivity index (χ0n) is 18.5. The molecule has 9 nitrogen and oxygen atoms in total. The Hall–Kier alpha value is -3.72. The molecule has 1 saturated heterocycles. The van der Waals surface area contributed by atoms with Gasteiger partial charge < -0.3 is 20.1 Å². The van der Waals surface area contributed by atoms with E-state index in [9.17, 15) is 0 Å². The standard InChI is InChI=1S/C23H27N7O2/c1-29-10-12-30(13-11-29)28-27-18-7-4-16(5-8-18)19-15-20(26-23(24)25-19)17-6-9-21(31-2)22(14-17)32-3/h4-9,14-15H,10-13H2,1-3H3,(H2,24,25,26). The summed E-state index contributed by atoms with van der Waals surface area (Å²) in [7, 11) is 5.32. The Morgan fingerprint density at radius 1 is 0.812 bits per heavy atom. The van der Waals surface area contributed by atoms with Gasteiger partial charge in [-0.2, -0.15) is 0 Å². The van der Waals surface area contributed by atoms with Gasteiger partial charge in [0.2, 0.25) is 5.95 Å². The molecule has 166 valence electrons. The van der Waals surface area contributed by atoms with Gasteiger partial charge in [-0.15, -0.1) is 5.11 Å². The first-order valence-electron chi connectivity index (χ1n) is 10.4. The quantitative estimate of drug-likeness (QED) is 0.592. The maximum absolute atomic E-state index is 6.01. The summed E-state index contributed by atoms with van der Waals surface area (Å²) in [6, 6.07) is 15.3. The first kappa shape index (κ1) is 21.5. The number of anilines is 1. The fraction of sp³-hybridized carbons (Fsp3) is 0.304. The van der Waals surface area contributed by atoms with Crippen LogP contribution in [0.1, 0.15) is 0 Å². The van der Waals surface area contributed by atoms with Crippen molar-refractivity contribution in [2.45, 2.75) is 0 Å². The van der Waals surface area contributed by atoms with Crippen molar-refractivity contribution in [3.63, 3.8) is 0 Å². The molecule has 9 heteroatoms. The van der Waals surface area contributed by atoms with Crippen LogP contribution < -0.4 is 15.2 Å². The third kappa shape index (κ3) is 4.94. The van der Waals surface area contributed by atoms with Gasteiger partial charge in [-0.05, 0) is 43.4 Å². The first-order valence-corrected chi connectivity index (χ1v) is 10.4. The lowest BCUT2D eigenvalue weighted by molar-refractivity contribution is 0.150. The smallest absolute Gasteiger partial charge is 0.221 e. The number of hydrogen-bond acceptors (Lipinski definition) is 8. The van der Waals surface area contributed by atoms with Gasteiger partial charge in [-0.25, -0.2) is 9.97 Å². The minimum Gasteiger partial charge on any atom is -0.493 e. The number of likely N-dealkylation sites (N-methyl/N-ethyl adjacent to an activating group) is 1. The number of benzene rings is 2. The molecular formula is C23H27N7O2. The molecule has 0 bridgehead atoms. The van der Waals surface area contributed by atoms with Gasteiger partial charge in [0.1, 0.15) is 0 Å². The van der Waals surface area contributed by atoms with Crippen LogP contribution in [0.2, 0.25) is 0 Å². The average Bonchev–Trinajstić information content (AvgIpc) is 2.83. The molecule has 0 unspecified atom stereocenters. The second-order valence-electron chi connectivity index (χ2n) is 7.56. The highest BCUT2D eigenvalue weighted by atomic mass is 16.5. The maximum atomic E-state index is 6.01. The van der Waals surface area contributed by atoms with Crippen molar-refractivity contribution >= 4 is 11.6 Å². The summed E-state index contributed by atoms with van der Waals surface area (Å²) < 4.78 is 10.7. The Labute approximate surface area is 187 Å². The van der Waals surface area contributed by atoms with Crippen molar-refractivity contribution in [1.29, 1.82) is 0 Å². The molecule has 0 spiro atoms. The van der Waals surface area contributed by atoms with Crippen LogP contribution in [-0.4, -0.2) is 67.3 Å². The van der Waals surface area contributed by atoms with Gasteiger partial charge in [0.25, 0.3) is 0 Å². The maximum Gasteiger partial charge on any atom is 0.221 e. The number of ether oxygens (including phenoxy) is 2. The summed E-state index contributed by atoms with van der Waals surface area (Å²) in [5.74, 6) is 1.48. The lowest BCUT2D eigenvalue weighted by Crippen LogP contribution is -2.41. The molecule has 2 aromatic carbocycles. The van der Waals surface area contributed by atoms with E-state index >= 15 is 0 Å². The Kier molecular flexibility index (Phi) is 6.46. The zero-order chi connectivity index (χ0) is 22.5. The third-order valence-electron chi connectivity index (χ3n) is 5.35. The molecule has 0 radical (unpaired) electrons. The highest BCUT2D eigenvalue weighted by Gasteiger charge is 2.12. The van der Waals surface area contributed by atoms with Crippen LogP contribution in [0.5, 0.6) is 11.5 Å². The van der Waals surface area contributed by atoms with E-state index < -0.39 is 0 Å². The van der Waals surface area contributed by atoms with Gasteiger partial charge in [-0.3, -0.25) is 5.01 Å². The molecule has 3 aromatic rings. The SMILES string of the molecule is COc1ccc(-c2cc(-c3ccc(N=NN4CCN(C)CC4)cc3)nc(N)n2)cc1OC. The van der Waals surface area contributed by atoms with Crippen molar-refractivity contribution in [3.8, 4) is 34.0 Å².